The van der Waals surface area contributed by atoms with Crippen LogP contribution in [-0.4, -0.2) is 25.5 Å². The maximum absolute atomic E-state index is 12.2. The number of thiophene rings is 1. The van der Waals surface area contributed by atoms with Crippen LogP contribution < -0.4 is 15.4 Å². The molecule has 1 aliphatic rings. The molecule has 1 saturated carbocycles. The average Bonchev–Trinajstić information content (AvgIpc) is 3.15. The molecule has 2 N–H and O–H groups in total. The van der Waals surface area contributed by atoms with E-state index in [9.17, 15) is 4.79 Å². The Morgan fingerprint density at radius 3 is 2.63 bits per heavy atom. The Bertz CT molecular complexity index is 478. The molecular formula is C14H22N2O2S. The molecule has 5 heteroatoms. The van der Waals surface area contributed by atoms with Crippen LogP contribution in [0.2, 0.25) is 0 Å². The van der Waals surface area contributed by atoms with Gasteiger partial charge in [-0.15, -0.1) is 11.3 Å². The molecule has 0 spiro atoms. The molecule has 0 atom stereocenters. The van der Waals surface area contributed by atoms with Gasteiger partial charge in [-0.05, 0) is 33.6 Å². The quantitative estimate of drug-likeness (QED) is 0.814. The number of carbonyl (C=O) groups is 1. The molecule has 0 radical (unpaired) electrons. The summed E-state index contributed by atoms with van der Waals surface area (Å²) < 4.78 is 5.82. The summed E-state index contributed by atoms with van der Waals surface area (Å²) in [6.07, 6.45) is 2.04. The summed E-state index contributed by atoms with van der Waals surface area (Å²) >= 11 is 1.46. The van der Waals surface area contributed by atoms with Crippen LogP contribution in [0.25, 0.3) is 0 Å². The molecule has 0 aromatic carbocycles. The maximum atomic E-state index is 12.2. The highest BCUT2D eigenvalue weighted by Crippen LogP contribution is 2.47. The van der Waals surface area contributed by atoms with E-state index >= 15 is 0 Å². The van der Waals surface area contributed by atoms with Crippen molar-refractivity contribution in [2.24, 2.45) is 5.92 Å². The first-order valence-corrected chi connectivity index (χ1v) is 7.61. The number of hydrogen-bond donors (Lipinski definition) is 1. The Labute approximate surface area is 118 Å². The highest BCUT2D eigenvalue weighted by Gasteiger charge is 2.35. The van der Waals surface area contributed by atoms with Crippen LogP contribution in [0.5, 0.6) is 5.75 Å². The summed E-state index contributed by atoms with van der Waals surface area (Å²) in [5, 5.41) is 0.956. The van der Waals surface area contributed by atoms with Gasteiger partial charge in [0.2, 0.25) is 0 Å². The minimum Gasteiger partial charge on any atom is -0.486 e. The van der Waals surface area contributed by atoms with Gasteiger partial charge < -0.3 is 15.4 Å². The molecule has 1 fully saturated rings. The van der Waals surface area contributed by atoms with E-state index in [1.807, 2.05) is 20.9 Å². The summed E-state index contributed by atoms with van der Waals surface area (Å²) in [4.78, 5) is 15.0. The van der Waals surface area contributed by atoms with Gasteiger partial charge in [0.15, 0.2) is 11.5 Å². The van der Waals surface area contributed by atoms with Crippen LogP contribution in [0.4, 0.5) is 10.7 Å². The van der Waals surface area contributed by atoms with Crippen LogP contribution in [0.15, 0.2) is 0 Å². The van der Waals surface area contributed by atoms with Crippen LogP contribution in [0, 0.1) is 5.92 Å². The van der Waals surface area contributed by atoms with Gasteiger partial charge in [0.1, 0.15) is 5.00 Å². The van der Waals surface area contributed by atoms with Crippen LogP contribution in [0.1, 0.15) is 43.3 Å². The fraction of sp³-hybridized carbons (Fsp3) is 0.643. The minimum atomic E-state index is 0.0461. The Morgan fingerprint density at radius 1 is 1.53 bits per heavy atom. The Kier molecular flexibility index (Phi) is 4.04. The van der Waals surface area contributed by atoms with Gasteiger partial charge in [-0.2, -0.15) is 0 Å². The molecular weight excluding hydrogens is 260 g/mol. The Morgan fingerprint density at radius 2 is 2.16 bits per heavy atom. The molecule has 1 heterocycles. The summed E-state index contributed by atoms with van der Waals surface area (Å²) in [6, 6.07) is 0. The lowest BCUT2D eigenvalue weighted by Gasteiger charge is -2.18. The third-order valence-electron chi connectivity index (χ3n) is 3.23. The molecule has 1 aliphatic carbocycles. The predicted octanol–water partition coefficient (Wildman–Crippen LogP) is 3.17. The van der Waals surface area contributed by atoms with Gasteiger partial charge in [0.25, 0.3) is 0 Å². The minimum absolute atomic E-state index is 0.0461. The number of anilines is 2. The number of rotatable bonds is 6. The topological polar surface area (TPSA) is 55.6 Å². The lowest BCUT2D eigenvalue weighted by molar-refractivity contribution is 0.0972. The van der Waals surface area contributed by atoms with E-state index in [1.165, 1.54) is 11.3 Å². The van der Waals surface area contributed by atoms with E-state index < -0.39 is 0 Å². The molecule has 0 amide bonds. The largest absolute Gasteiger partial charge is 0.486 e. The number of nitrogens with zero attached hydrogens (tertiary/aromatic N) is 1. The van der Waals surface area contributed by atoms with Crippen molar-refractivity contribution in [3.8, 4) is 5.75 Å². The summed E-state index contributed by atoms with van der Waals surface area (Å²) in [7, 11) is 1.99. The van der Waals surface area contributed by atoms with E-state index in [0.29, 0.717) is 16.3 Å². The lowest BCUT2D eigenvalue weighted by Crippen LogP contribution is -2.16. The standard InChI is InChI=1S/C14H22N2O2S/c1-5-16(4)14-12(18-8(2)3)10(15)13(19-14)11(17)9-6-7-9/h8-9H,5-7,15H2,1-4H3. The van der Waals surface area contributed by atoms with Gasteiger partial charge in [-0.1, -0.05) is 0 Å². The molecule has 0 bridgehead atoms. The molecule has 0 saturated heterocycles. The predicted molar refractivity (Wildman–Crippen MR) is 80.5 cm³/mol. The van der Waals surface area contributed by atoms with Crippen molar-refractivity contribution in [1.29, 1.82) is 0 Å². The number of Topliss-reactive ketones (excluding diaryl/α,β-unsaturated/α-hetero) is 1. The average molecular weight is 282 g/mol. The van der Waals surface area contributed by atoms with Crippen molar-refractivity contribution in [2.75, 3.05) is 24.2 Å². The Hall–Kier alpha value is -1.23. The molecule has 19 heavy (non-hydrogen) atoms. The second-order valence-electron chi connectivity index (χ2n) is 5.30. The zero-order chi connectivity index (χ0) is 14.2. The molecule has 0 aliphatic heterocycles. The van der Waals surface area contributed by atoms with Crippen molar-refractivity contribution in [3.05, 3.63) is 4.88 Å². The summed E-state index contributed by atoms with van der Waals surface area (Å²) in [5.74, 6) is 1.05. The van der Waals surface area contributed by atoms with E-state index in [4.69, 9.17) is 10.5 Å². The zero-order valence-corrected chi connectivity index (χ0v) is 12.8. The van der Waals surface area contributed by atoms with Crippen molar-refractivity contribution in [1.82, 2.24) is 0 Å². The van der Waals surface area contributed by atoms with Crippen molar-refractivity contribution >= 4 is 27.8 Å². The van der Waals surface area contributed by atoms with Gasteiger partial charge in [-0.25, -0.2) is 0 Å². The number of hydrogen-bond acceptors (Lipinski definition) is 5. The van der Waals surface area contributed by atoms with E-state index in [0.717, 1.165) is 24.4 Å². The fourth-order valence-corrected chi connectivity index (χ4v) is 3.07. The molecule has 2 rings (SSSR count). The first-order valence-electron chi connectivity index (χ1n) is 6.79. The second kappa shape index (κ2) is 5.41. The van der Waals surface area contributed by atoms with Crippen LogP contribution in [0.3, 0.4) is 0 Å². The summed E-state index contributed by atoms with van der Waals surface area (Å²) in [6.45, 7) is 6.85. The van der Waals surface area contributed by atoms with Crippen molar-refractivity contribution in [3.63, 3.8) is 0 Å². The highest BCUT2D eigenvalue weighted by atomic mass is 32.1. The van der Waals surface area contributed by atoms with Crippen LogP contribution >= 0.6 is 11.3 Å². The third-order valence-corrected chi connectivity index (χ3v) is 4.54. The molecule has 4 nitrogen and oxygen atoms in total. The zero-order valence-electron chi connectivity index (χ0n) is 12.0. The first-order chi connectivity index (χ1) is 8.95. The molecule has 1 aromatic heterocycles. The van der Waals surface area contributed by atoms with Gasteiger partial charge in [0, 0.05) is 19.5 Å². The normalized spacial score (nSPS) is 14.8. The number of ketones is 1. The number of nitrogens with two attached hydrogens (primary N) is 1. The van der Waals surface area contributed by atoms with Gasteiger partial charge in [-0.3, -0.25) is 4.79 Å². The second-order valence-corrected chi connectivity index (χ2v) is 6.30. The molecule has 1 aromatic rings. The number of nitrogen functional groups attached to an aromatic ring is 1. The van der Waals surface area contributed by atoms with E-state index in [-0.39, 0.29) is 17.8 Å². The smallest absolute Gasteiger partial charge is 0.178 e. The van der Waals surface area contributed by atoms with E-state index in [1.54, 1.807) is 0 Å². The fourth-order valence-electron chi connectivity index (χ4n) is 1.87. The Balaban J connectivity index is 2.39. The first kappa shape index (κ1) is 14.2. The SMILES string of the molecule is CCN(C)c1sc(C(=O)C2CC2)c(N)c1OC(C)C. The van der Waals surface area contributed by atoms with E-state index in [2.05, 4.69) is 11.8 Å². The molecule has 106 valence electrons. The highest BCUT2D eigenvalue weighted by molar-refractivity contribution is 7.19. The summed E-state index contributed by atoms with van der Waals surface area (Å²) in [5.41, 5.74) is 6.67. The van der Waals surface area contributed by atoms with Crippen molar-refractivity contribution < 1.29 is 9.53 Å². The van der Waals surface area contributed by atoms with Gasteiger partial charge in [0.05, 0.1) is 16.7 Å². The number of carbonyl (C=O) groups excluding carboxylic acids is 1. The molecule has 0 unspecified atom stereocenters. The monoisotopic (exact) mass is 282 g/mol. The number of ether oxygens (including phenoxy) is 1. The van der Waals surface area contributed by atoms with Crippen molar-refractivity contribution in [2.45, 2.75) is 39.7 Å². The maximum Gasteiger partial charge on any atom is 0.178 e. The van der Waals surface area contributed by atoms with Gasteiger partial charge >= 0.3 is 0 Å². The third kappa shape index (κ3) is 2.86. The van der Waals surface area contributed by atoms with Crippen LogP contribution in [-0.2, 0) is 0 Å². The lowest BCUT2D eigenvalue weighted by atomic mass is 10.2.